The largest absolute Gasteiger partial charge is 0.497 e. The molecule has 0 aliphatic heterocycles. The zero-order valence-corrected chi connectivity index (χ0v) is 24.4. The van der Waals surface area contributed by atoms with Crippen molar-refractivity contribution in [3.63, 3.8) is 0 Å². The first kappa shape index (κ1) is 30.5. The van der Waals surface area contributed by atoms with Gasteiger partial charge in [-0.25, -0.2) is 8.42 Å². The summed E-state index contributed by atoms with van der Waals surface area (Å²) in [6.45, 7) is 5.05. The average Bonchev–Trinajstić information content (AvgIpc) is 2.98. The van der Waals surface area contributed by atoms with Crippen molar-refractivity contribution < 1.29 is 27.5 Å². The van der Waals surface area contributed by atoms with Crippen LogP contribution in [0.1, 0.15) is 32.8 Å². The summed E-state index contributed by atoms with van der Waals surface area (Å²) in [5, 5.41) is 2.92. The Morgan fingerprint density at radius 2 is 1.52 bits per heavy atom. The molecule has 0 spiro atoms. The lowest BCUT2D eigenvalue weighted by atomic mass is 10.1. The Bertz CT molecular complexity index is 1380. The summed E-state index contributed by atoms with van der Waals surface area (Å²) in [5.41, 5.74) is 1.06. The molecule has 1 N–H and O–H groups in total. The summed E-state index contributed by atoms with van der Waals surface area (Å²) in [4.78, 5) is 28.5. The minimum atomic E-state index is -4.15. The summed E-state index contributed by atoms with van der Waals surface area (Å²) in [7, 11) is -1.11. The lowest BCUT2D eigenvalue weighted by molar-refractivity contribution is -0.139. The van der Waals surface area contributed by atoms with Crippen LogP contribution in [0.5, 0.6) is 11.5 Å². The second-order valence-electron chi connectivity index (χ2n) is 9.39. The molecule has 3 aromatic carbocycles. The number of hydrogen-bond acceptors (Lipinski definition) is 6. The molecule has 10 heteroatoms. The van der Waals surface area contributed by atoms with Gasteiger partial charge in [-0.3, -0.25) is 13.9 Å². The summed E-state index contributed by atoms with van der Waals surface area (Å²) >= 11 is 0. The number of benzene rings is 3. The van der Waals surface area contributed by atoms with Crippen LogP contribution in [0.2, 0.25) is 0 Å². The van der Waals surface area contributed by atoms with Crippen molar-refractivity contribution in [1.29, 1.82) is 0 Å². The molecular formula is C30H37N3O6S. The highest BCUT2D eigenvalue weighted by Gasteiger charge is 2.32. The number of carbonyl (C=O) groups excluding carboxylic acids is 2. The van der Waals surface area contributed by atoms with Gasteiger partial charge in [-0.15, -0.1) is 0 Å². The highest BCUT2D eigenvalue weighted by atomic mass is 32.2. The average molecular weight is 568 g/mol. The van der Waals surface area contributed by atoms with Crippen LogP contribution in [0, 0.1) is 0 Å². The molecule has 0 aliphatic rings. The number of hydrogen-bond donors (Lipinski definition) is 1. The van der Waals surface area contributed by atoms with Crippen molar-refractivity contribution >= 4 is 27.5 Å². The van der Waals surface area contributed by atoms with Crippen LogP contribution < -0.4 is 19.1 Å². The van der Waals surface area contributed by atoms with Crippen LogP contribution in [-0.4, -0.2) is 58.0 Å². The normalized spacial score (nSPS) is 12.6. The molecular weight excluding hydrogens is 530 g/mol. The summed E-state index contributed by atoms with van der Waals surface area (Å²) < 4.78 is 39.2. The summed E-state index contributed by atoms with van der Waals surface area (Å²) in [6, 6.07) is 20.6. The number of sulfonamides is 1. The van der Waals surface area contributed by atoms with Crippen molar-refractivity contribution in [1.82, 2.24) is 10.2 Å². The summed E-state index contributed by atoms with van der Waals surface area (Å²) in [6.07, 6.45) is 0.726. The SMILES string of the molecule is CCC(C)NC(=O)C(C)N(Cc1cccc(OC)c1)C(=O)CN(c1ccccc1)S(=O)(=O)c1ccc(OC)cc1. The van der Waals surface area contributed by atoms with Crippen LogP contribution in [0.15, 0.2) is 83.8 Å². The van der Waals surface area contributed by atoms with Crippen LogP contribution in [0.25, 0.3) is 0 Å². The van der Waals surface area contributed by atoms with E-state index < -0.39 is 28.5 Å². The van der Waals surface area contributed by atoms with Crippen LogP contribution >= 0.6 is 0 Å². The highest BCUT2D eigenvalue weighted by Crippen LogP contribution is 2.26. The predicted molar refractivity (Wildman–Crippen MR) is 155 cm³/mol. The fourth-order valence-electron chi connectivity index (χ4n) is 4.01. The third-order valence-electron chi connectivity index (χ3n) is 6.63. The Labute approximate surface area is 236 Å². The zero-order chi connectivity index (χ0) is 29.3. The van der Waals surface area contributed by atoms with E-state index in [2.05, 4.69) is 5.32 Å². The van der Waals surface area contributed by atoms with Gasteiger partial charge in [0.1, 0.15) is 24.1 Å². The van der Waals surface area contributed by atoms with Gasteiger partial charge in [-0.05, 0) is 74.4 Å². The lowest BCUT2D eigenvalue weighted by Crippen LogP contribution is -2.52. The number of carbonyl (C=O) groups is 2. The smallest absolute Gasteiger partial charge is 0.264 e. The maximum atomic E-state index is 14.0. The Morgan fingerprint density at radius 1 is 0.875 bits per heavy atom. The Kier molecular flexibility index (Phi) is 10.6. The van der Waals surface area contributed by atoms with Crippen molar-refractivity contribution in [3.8, 4) is 11.5 Å². The molecule has 0 aliphatic carbocycles. The second kappa shape index (κ2) is 13.8. The third-order valence-corrected chi connectivity index (χ3v) is 8.41. The fourth-order valence-corrected chi connectivity index (χ4v) is 5.43. The minimum Gasteiger partial charge on any atom is -0.497 e. The maximum Gasteiger partial charge on any atom is 0.264 e. The molecule has 2 amide bonds. The van der Waals surface area contributed by atoms with Gasteiger partial charge in [-0.2, -0.15) is 0 Å². The van der Waals surface area contributed by atoms with Gasteiger partial charge >= 0.3 is 0 Å². The standard InChI is InChI=1S/C30H37N3O6S/c1-6-22(2)31-30(35)23(3)32(20-24-11-10-14-27(19-24)39-5)29(34)21-33(25-12-8-7-9-13-25)40(36,37)28-17-15-26(38-4)16-18-28/h7-19,22-23H,6,20-21H2,1-5H3,(H,31,35). The van der Waals surface area contributed by atoms with Crippen LogP contribution in [-0.2, 0) is 26.2 Å². The molecule has 214 valence electrons. The molecule has 0 heterocycles. The molecule has 0 aromatic heterocycles. The van der Waals surface area contributed by atoms with Crippen LogP contribution in [0.4, 0.5) is 5.69 Å². The lowest BCUT2D eigenvalue weighted by Gasteiger charge is -2.32. The first-order valence-electron chi connectivity index (χ1n) is 13.0. The number of ether oxygens (including phenoxy) is 2. The van der Waals surface area contributed by atoms with E-state index in [0.717, 1.165) is 16.3 Å². The van der Waals surface area contributed by atoms with Gasteiger partial charge < -0.3 is 19.7 Å². The van der Waals surface area contributed by atoms with Crippen molar-refractivity contribution in [3.05, 3.63) is 84.4 Å². The van der Waals surface area contributed by atoms with E-state index in [9.17, 15) is 18.0 Å². The van der Waals surface area contributed by atoms with Crippen molar-refractivity contribution in [2.24, 2.45) is 0 Å². The van der Waals surface area contributed by atoms with Gasteiger partial charge in [0.2, 0.25) is 11.8 Å². The molecule has 3 aromatic rings. The molecule has 40 heavy (non-hydrogen) atoms. The van der Waals surface area contributed by atoms with E-state index in [1.54, 1.807) is 74.7 Å². The topological polar surface area (TPSA) is 105 Å². The molecule has 0 bridgehead atoms. The zero-order valence-electron chi connectivity index (χ0n) is 23.5. The molecule has 9 nitrogen and oxygen atoms in total. The van der Waals surface area contributed by atoms with E-state index in [0.29, 0.717) is 17.2 Å². The van der Waals surface area contributed by atoms with Gasteiger partial charge in [-0.1, -0.05) is 37.3 Å². The van der Waals surface area contributed by atoms with E-state index in [-0.39, 0.29) is 23.4 Å². The fraction of sp³-hybridized carbons (Fsp3) is 0.333. The molecule has 2 atom stereocenters. The number of nitrogens with zero attached hydrogens (tertiary/aromatic N) is 2. The second-order valence-corrected chi connectivity index (χ2v) is 11.3. The first-order chi connectivity index (χ1) is 19.1. The number of anilines is 1. The minimum absolute atomic E-state index is 0.00635. The van der Waals surface area contributed by atoms with Gasteiger partial charge in [0.05, 0.1) is 24.8 Å². The molecule has 3 rings (SSSR count). The van der Waals surface area contributed by atoms with Gasteiger partial charge in [0, 0.05) is 12.6 Å². The molecule has 2 unspecified atom stereocenters. The Balaban J connectivity index is 2.01. The van der Waals surface area contributed by atoms with E-state index in [4.69, 9.17) is 9.47 Å². The number of methoxy groups -OCH3 is 2. The molecule has 0 radical (unpaired) electrons. The molecule has 0 fully saturated rings. The Hall–Kier alpha value is -4.05. The van der Waals surface area contributed by atoms with Gasteiger partial charge in [0.25, 0.3) is 10.0 Å². The number of nitrogens with one attached hydrogen (secondary N) is 1. The van der Waals surface area contributed by atoms with Crippen LogP contribution in [0.3, 0.4) is 0 Å². The number of rotatable bonds is 13. The monoisotopic (exact) mass is 567 g/mol. The van der Waals surface area contributed by atoms with Crippen molar-refractivity contribution in [2.75, 3.05) is 25.1 Å². The third kappa shape index (κ3) is 7.53. The number of para-hydroxylation sites is 1. The molecule has 0 saturated carbocycles. The quantitative estimate of drug-likeness (QED) is 0.332. The number of amides is 2. The van der Waals surface area contributed by atoms with Gasteiger partial charge in [0.15, 0.2) is 0 Å². The van der Waals surface area contributed by atoms with E-state index in [1.165, 1.54) is 24.1 Å². The van der Waals surface area contributed by atoms with E-state index in [1.807, 2.05) is 19.9 Å². The van der Waals surface area contributed by atoms with E-state index >= 15 is 0 Å². The highest BCUT2D eigenvalue weighted by molar-refractivity contribution is 7.92. The summed E-state index contributed by atoms with van der Waals surface area (Å²) in [5.74, 6) is 0.256. The Morgan fingerprint density at radius 3 is 2.12 bits per heavy atom. The maximum absolute atomic E-state index is 14.0. The van der Waals surface area contributed by atoms with Crippen molar-refractivity contribution in [2.45, 2.75) is 50.7 Å². The predicted octanol–water partition coefficient (Wildman–Crippen LogP) is 4.23. The first-order valence-corrected chi connectivity index (χ1v) is 14.5. The molecule has 0 saturated heterocycles.